The first-order valence-electron chi connectivity index (χ1n) is 6.16. The van der Waals surface area contributed by atoms with Crippen LogP contribution in [0.25, 0.3) is 0 Å². The van der Waals surface area contributed by atoms with E-state index in [2.05, 4.69) is 38.2 Å². The molecule has 3 N–H and O–H groups in total. The first-order valence-corrected chi connectivity index (χ1v) is 6.16. The van der Waals surface area contributed by atoms with Crippen LogP contribution in [0.15, 0.2) is 10.7 Å². The minimum Gasteiger partial charge on any atom is -0.351 e. The van der Waals surface area contributed by atoms with Crippen molar-refractivity contribution in [3.63, 3.8) is 0 Å². The van der Waals surface area contributed by atoms with Gasteiger partial charge in [-0.05, 0) is 6.92 Å². The van der Waals surface area contributed by atoms with Gasteiger partial charge in [-0.1, -0.05) is 32.9 Å². The molecule has 1 heterocycles. The smallest absolute Gasteiger partial charge is 0.290 e. The Morgan fingerprint density at radius 3 is 2.39 bits per heavy atom. The van der Waals surface area contributed by atoms with Gasteiger partial charge in [-0.2, -0.15) is 0 Å². The Kier molecular flexibility index (Phi) is 2.77. The fourth-order valence-corrected chi connectivity index (χ4v) is 3.26. The Bertz CT molecular complexity index is 460. The predicted octanol–water partition coefficient (Wildman–Crippen LogP) is 1.47. The van der Waals surface area contributed by atoms with Crippen molar-refractivity contribution in [1.82, 2.24) is 10.5 Å². The summed E-state index contributed by atoms with van der Waals surface area (Å²) in [5.74, 6) is 0.0603. The largest absolute Gasteiger partial charge is 0.351 e. The maximum absolute atomic E-state index is 12.1. The third kappa shape index (κ3) is 1.65. The van der Waals surface area contributed by atoms with E-state index in [9.17, 15) is 4.79 Å². The Balaban J connectivity index is 2.16. The molecule has 0 aliphatic heterocycles. The molecular formula is C13H21N3O2. The van der Waals surface area contributed by atoms with Crippen LogP contribution >= 0.6 is 0 Å². The van der Waals surface area contributed by atoms with Crippen molar-refractivity contribution in [2.24, 2.45) is 16.6 Å². The number of carbonyl (C=O) groups is 1. The summed E-state index contributed by atoms with van der Waals surface area (Å²) < 4.78 is 4.97. The molecule has 5 heteroatoms. The molecule has 5 nitrogen and oxygen atoms in total. The highest BCUT2D eigenvalue weighted by atomic mass is 16.5. The molecule has 0 unspecified atom stereocenters. The Hall–Kier alpha value is -1.36. The van der Waals surface area contributed by atoms with E-state index in [1.165, 1.54) is 6.20 Å². The van der Waals surface area contributed by atoms with E-state index in [1.807, 2.05) is 0 Å². The number of aromatic nitrogens is 1. The molecule has 1 aliphatic rings. The summed E-state index contributed by atoms with van der Waals surface area (Å²) in [7, 11) is 0. The van der Waals surface area contributed by atoms with Gasteiger partial charge >= 0.3 is 0 Å². The van der Waals surface area contributed by atoms with Gasteiger partial charge in [0, 0.05) is 28.5 Å². The third-order valence-corrected chi connectivity index (χ3v) is 4.32. The van der Waals surface area contributed by atoms with Crippen LogP contribution in [0.1, 0.15) is 43.8 Å². The number of rotatable bonds is 2. The van der Waals surface area contributed by atoms with Crippen LogP contribution in [0.4, 0.5) is 0 Å². The molecule has 0 saturated heterocycles. The molecule has 0 bridgehead atoms. The second kappa shape index (κ2) is 3.82. The summed E-state index contributed by atoms with van der Waals surface area (Å²) in [4.78, 5) is 12.1. The van der Waals surface area contributed by atoms with Gasteiger partial charge < -0.3 is 15.6 Å². The quantitative estimate of drug-likeness (QED) is 0.834. The van der Waals surface area contributed by atoms with Crippen LogP contribution in [-0.2, 0) is 0 Å². The number of amides is 1. The van der Waals surface area contributed by atoms with Crippen LogP contribution in [0.5, 0.6) is 0 Å². The van der Waals surface area contributed by atoms with Crippen molar-refractivity contribution in [2.75, 3.05) is 0 Å². The van der Waals surface area contributed by atoms with Crippen molar-refractivity contribution in [3.8, 4) is 0 Å². The lowest BCUT2D eigenvalue weighted by molar-refractivity contribution is -0.0667. The standard InChI is InChI=1S/C13H21N3O2/c1-7-6-15-18-8(7)9(17)16-11-12(2,3)10(14)13(11,4)5/h6,10-11H,14H2,1-5H3,(H,16,17). The molecular weight excluding hydrogens is 230 g/mol. The first kappa shape index (κ1) is 13.1. The molecule has 1 amide bonds. The SMILES string of the molecule is Cc1cnoc1C(=O)NC1C(C)(C)C(N)C1(C)C. The third-order valence-electron chi connectivity index (χ3n) is 4.32. The van der Waals surface area contributed by atoms with Crippen LogP contribution in [0, 0.1) is 17.8 Å². The summed E-state index contributed by atoms with van der Waals surface area (Å²) in [6.45, 7) is 10.1. The van der Waals surface area contributed by atoms with Crippen molar-refractivity contribution in [1.29, 1.82) is 0 Å². The average molecular weight is 251 g/mol. The molecule has 1 fully saturated rings. The van der Waals surface area contributed by atoms with E-state index < -0.39 is 0 Å². The molecule has 18 heavy (non-hydrogen) atoms. The Labute approximate surface area is 107 Å². The van der Waals surface area contributed by atoms with Crippen molar-refractivity contribution < 1.29 is 9.32 Å². The number of aryl methyl sites for hydroxylation is 1. The van der Waals surface area contributed by atoms with Crippen molar-refractivity contribution in [3.05, 3.63) is 17.5 Å². The Morgan fingerprint density at radius 2 is 1.94 bits per heavy atom. The summed E-state index contributed by atoms with van der Waals surface area (Å²) in [5, 5.41) is 6.64. The lowest BCUT2D eigenvalue weighted by Gasteiger charge is -2.62. The maximum Gasteiger partial charge on any atom is 0.290 e. The van der Waals surface area contributed by atoms with Crippen LogP contribution in [0.2, 0.25) is 0 Å². The van der Waals surface area contributed by atoms with Crippen molar-refractivity contribution in [2.45, 2.75) is 46.7 Å². The summed E-state index contributed by atoms with van der Waals surface area (Å²) in [6.07, 6.45) is 1.54. The molecule has 0 radical (unpaired) electrons. The van der Waals surface area contributed by atoms with Gasteiger partial charge in [0.25, 0.3) is 5.91 Å². The molecule has 1 saturated carbocycles. The predicted molar refractivity (Wildman–Crippen MR) is 68.0 cm³/mol. The van der Waals surface area contributed by atoms with E-state index in [0.717, 1.165) is 5.56 Å². The van der Waals surface area contributed by atoms with Gasteiger partial charge in [-0.3, -0.25) is 4.79 Å². The van der Waals surface area contributed by atoms with Gasteiger partial charge in [0.1, 0.15) is 0 Å². The van der Waals surface area contributed by atoms with E-state index in [0.29, 0.717) is 0 Å². The average Bonchev–Trinajstić information content (AvgIpc) is 2.70. The van der Waals surface area contributed by atoms with Crippen LogP contribution < -0.4 is 11.1 Å². The lowest BCUT2D eigenvalue weighted by atomic mass is 9.48. The molecule has 0 atom stereocenters. The first-order chi connectivity index (χ1) is 8.19. The number of carbonyl (C=O) groups excluding carboxylic acids is 1. The van der Waals surface area contributed by atoms with Gasteiger partial charge in [0.15, 0.2) is 0 Å². The highest BCUT2D eigenvalue weighted by Gasteiger charge is 2.60. The molecule has 1 aromatic rings. The topological polar surface area (TPSA) is 81.2 Å². The molecule has 1 aliphatic carbocycles. The van der Waals surface area contributed by atoms with E-state index >= 15 is 0 Å². The summed E-state index contributed by atoms with van der Waals surface area (Å²) >= 11 is 0. The molecule has 0 spiro atoms. The monoisotopic (exact) mass is 251 g/mol. The molecule has 0 aromatic carbocycles. The molecule has 100 valence electrons. The fourth-order valence-electron chi connectivity index (χ4n) is 3.26. The number of hydrogen-bond acceptors (Lipinski definition) is 4. The molecule has 2 rings (SSSR count). The number of nitrogens with two attached hydrogens (primary N) is 1. The minimum atomic E-state index is -0.219. The van der Waals surface area contributed by atoms with Crippen molar-refractivity contribution >= 4 is 5.91 Å². The van der Waals surface area contributed by atoms with E-state index in [-0.39, 0.29) is 34.6 Å². The highest BCUT2D eigenvalue weighted by molar-refractivity contribution is 5.93. The number of nitrogens with one attached hydrogen (secondary N) is 1. The maximum atomic E-state index is 12.1. The van der Waals surface area contributed by atoms with E-state index in [1.54, 1.807) is 6.92 Å². The minimum absolute atomic E-state index is 0.0250. The fraction of sp³-hybridized carbons (Fsp3) is 0.692. The van der Waals surface area contributed by atoms with Gasteiger partial charge in [0.2, 0.25) is 5.76 Å². The normalized spacial score (nSPS) is 28.6. The lowest BCUT2D eigenvalue weighted by Crippen LogP contribution is -2.76. The Morgan fingerprint density at radius 1 is 1.39 bits per heavy atom. The zero-order chi connectivity index (χ0) is 13.7. The number of nitrogens with zero attached hydrogens (tertiary/aromatic N) is 1. The van der Waals surface area contributed by atoms with Gasteiger partial charge in [0.05, 0.1) is 6.20 Å². The zero-order valence-electron chi connectivity index (χ0n) is 11.6. The highest BCUT2D eigenvalue weighted by Crippen LogP contribution is 2.52. The summed E-state index contributed by atoms with van der Waals surface area (Å²) in [5.41, 5.74) is 6.67. The second-order valence-corrected chi connectivity index (χ2v) is 6.36. The zero-order valence-corrected chi connectivity index (χ0v) is 11.6. The second-order valence-electron chi connectivity index (χ2n) is 6.36. The van der Waals surface area contributed by atoms with Gasteiger partial charge in [-0.15, -0.1) is 0 Å². The van der Waals surface area contributed by atoms with E-state index in [4.69, 9.17) is 10.3 Å². The molecule has 1 aromatic heterocycles. The number of hydrogen-bond donors (Lipinski definition) is 2. The van der Waals surface area contributed by atoms with Gasteiger partial charge in [-0.25, -0.2) is 0 Å². The van der Waals surface area contributed by atoms with Crippen LogP contribution in [-0.4, -0.2) is 23.1 Å². The summed E-state index contributed by atoms with van der Waals surface area (Å²) in [6, 6.07) is 0.0862. The van der Waals surface area contributed by atoms with Crippen LogP contribution in [0.3, 0.4) is 0 Å².